The number of benzene rings is 2. The lowest BCUT2D eigenvalue weighted by Crippen LogP contribution is -2.47. The molecule has 2 aromatic rings. The van der Waals surface area contributed by atoms with Crippen molar-refractivity contribution in [3.05, 3.63) is 64.2 Å². The molecule has 1 unspecified atom stereocenters. The minimum Gasteiger partial charge on any atom is -0.340 e. The van der Waals surface area contributed by atoms with Crippen molar-refractivity contribution in [3.8, 4) is 0 Å². The summed E-state index contributed by atoms with van der Waals surface area (Å²) in [6, 6.07) is 12.0. The lowest BCUT2D eigenvalue weighted by atomic mass is 10.0. The third-order valence-electron chi connectivity index (χ3n) is 4.04. The SMILES string of the molecule is Cc1cccc(C(=O)NC(C(=O)Nc2cccc(Cl)c2C)C(C)C)c1. The van der Waals surface area contributed by atoms with Crippen LogP contribution in [0.4, 0.5) is 5.69 Å². The van der Waals surface area contributed by atoms with Crippen molar-refractivity contribution < 1.29 is 9.59 Å². The van der Waals surface area contributed by atoms with Crippen LogP contribution < -0.4 is 10.6 Å². The summed E-state index contributed by atoms with van der Waals surface area (Å²) in [5.41, 5.74) is 2.98. The largest absolute Gasteiger partial charge is 0.340 e. The van der Waals surface area contributed by atoms with Crippen molar-refractivity contribution in [2.45, 2.75) is 33.7 Å². The standard InChI is InChI=1S/C20H23ClN2O2/c1-12(2)18(23-19(24)15-8-5-7-13(3)11-15)20(25)22-17-10-6-9-16(21)14(17)4/h5-12,18H,1-4H3,(H,22,25)(H,23,24). The van der Waals surface area contributed by atoms with Gasteiger partial charge in [-0.25, -0.2) is 0 Å². The number of amides is 2. The summed E-state index contributed by atoms with van der Waals surface area (Å²) < 4.78 is 0. The summed E-state index contributed by atoms with van der Waals surface area (Å²) in [5.74, 6) is -0.588. The lowest BCUT2D eigenvalue weighted by molar-refractivity contribution is -0.118. The molecule has 0 aliphatic carbocycles. The van der Waals surface area contributed by atoms with Gasteiger partial charge in [-0.2, -0.15) is 0 Å². The van der Waals surface area contributed by atoms with E-state index in [2.05, 4.69) is 10.6 Å². The Balaban J connectivity index is 2.15. The molecular formula is C20H23ClN2O2. The predicted molar refractivity (Wildman–Crippen MR) is 102 cm³/mol. The summed E-state index contributed by atoms with van der Waals surface area (Å²) in [4.78, 5) is 25.2. The first-order chi connectivity index (χ1) is 11.8. The average molecular weight is 359 g/mol. The van der Waals surface area contributed by atoms with Gasteiger partial charge in [-0.3, -0.25) is 9.59 Å². The van der Waals surface area contributed by atoms with Gasteiger partial charge in [0, 0.05) is 16.3 Å². The summed E-state index contributed by atoms with van der Waals surface area (Å²) in [5, 5.41) is 6.28. The van der Waals surface area contributed by atoms with Crippen LogP contribution in [0.1, 0.15) is 35.3 Å². The number of hydrogen-bond acceptors (Lipinski definition) is 2. The van der Waals surface area contributed by atoms with Crippen LogP contribution in [0.5, 0.6) is 0 Å². The summed E-state index contributed by atoms with van der Waals surface area (Å²) in [6.07, 6.45) is 0. The maximum atomic E-state index is 12.7. The van der Waals surface area contributed by atoms with E-state index in [1.165, 1.54) is 0 Å². The molecule has 2 aromatic carbocycles. The topological polar surface area (TPSA) is 58.2 Å². The maximum absolute atomic E-state index is 12.7. The molecule has 0 aromatic heterocycles. The molecule has 0 radical (unpaired) electrons. The highest BCUT2D eigenvalue weighted by Gasteiger charge is 2.25. The van der Waals surface area contributed by atoms with Gasteiger partial charge in [-0.05, 0) is 49.6 Å². The molecule has 0 fully saturated rings. The third-order valence-corrected chi connectivity index (χ3v) is 4.45. The van der Waals surface area contributed by atoms with Crippen molar-refractivity contribution in [3.63, 3.8) is 0 Å². The molecule has 5 heteroatoms. The fourth-order valence-electron chi connectivity index (χ4n) is 2.50. The zero-order valence-corrected chi connectivity index (χ0v) is 15.6. The van der Waals surface area contributed by atoms with Gasteiger partial charge in [-0.15, -0.1) is 0 Å². The second-order valence-corrected chi connectivity index (χ2v) is 6.87. The van der Waals surface area contributed by atoms with Gasteiger partial charge in [0.1, 0.15) is 6.04 Å². The van der Waals surface area contributed by atoms with E-state index < -0.39 is 6.04 Å². The number of rotatable bonds is 5. The second-order valence-electron chi connectivity index (χ2n) is 6.47. The molecule has 0 bridgehead atoms. The number of carbonyl (C=O) groups is 2. The van der Waals surface area contributed by atoms with Crippen LogP contribution in [-0.2, 0) is 4.79 Å². The number of anilines is 1. The van der Waals surface area contributed by atoms with Crippen LogP contribution in [0, 0.1) is 19.8 Å². The number of nitrogens with one attached hydrogen (secondary N) is 2. The summed E-state index contributed by atoms with van der Waals surface area (Å²) >= 11 is 6.10. The van der Waals surface area contributed by atoms with Crippen LogP contribution in [-0.4, -0.2) is 17.9 Å². The second kappa shape index (κ2) is 8.17. The van der Waals surface area contributed by atoms with E-state index in [0.29, 0.717) is 16.3 Å². The molecule has 4 nitrogen and oxygen atoms in total. The number of aryl methyl sites for hydroxylation is 1. The van der Waals surface area contributed by atoms with Gasteiger partial charge in [0.15, 0.2) is 0 Å². The molecule has 0 heterocycles. The fourth-order valence-corrected chi connectivity index (χ4v) is 2.67. The molecule has 132 valence electrons. The Morgan fingerprint density at radius 3 is 2.36 bits per heavy atom. The van der Waals surface area contributed by atoms with Gasteiger partial charge < -0.3 is 10.6 Å². The van der Waals surface area contributed by atoms with E-state index in [9.17, 15) is 9.59 Å². The van der Waals surface area contributed by atoms with Crippen molar-refractivity contribution >= 4 is 29.1 Å². The molecule has 2 N–H and O–H groups in total. The van der Waals surface area contributed by atoms with Crippen molar-refractivity contribution in [2.24, 2.45) is 5.92 Å². The Labute approximate surface area is 153 Å². The lowest BCUT2D eigenvalue weighted by Gasteiger charge is -2.22. The molecule has 2 rings (SSSR count). The first-order valence-corrected chi connectivity index (χ1v) is 8.61. The first kappa shape index (κ1) is 19.0. The van der Waals surface area contributed by atoms with E-state index in [1.54, 1.807) is 30.3 Å². The Morgan fingerprint density at radius 2 is 1.72 bits per heavy atom. The van der Waals surface area contributed by atoms with E-state index in [4.69, 9.17) is 11.6 Å². The van der Waals surface area contributed by atoms with E-state index in [1.807, 2.05) is 39.8 Å². The maximum Gasteiger partial charge on any atom is 0.251 e. The minimum atomic E-state index is -0.647. The predicted octanol–water partition coefficient (Wildman–Crippen LogP) is 4.35. The summed E-state index contributed by atoms with van der Waals surface area (Å²) in [6.45, 7) is 7.55. The van der Waals surface area contributed by atoms with Crippen LogP contribution in [0.2, 0.25) is 5.02 Å². The van der Waals surface area contributed by atoms with Crippen LogP contribution in [0.25, 0.3) is 0 Å². The molecule has 0 spiro atoms. The average Bonchev–Trinajstić information content (AvgIpc) is 2.56. The highest BCUT2D eigenvalue weighted by Crippen LogP contribution is 2.23. The van der Waals surface area contributed by atoms with Gasteiger partial charge in [0.2, 0.25) is 5.91 Å². The number of halogens is 1. The normalized spacial score (nSPS) is 11.9. The van der Waals surface area contributed by atoms with E-state index in [-0.39, 0.29) is 17.7 Å². The fraction of sp³-hybridized carbons (Fsp3) is 0.300. The van der Waals surface area contributed by atoms with Crippen LogP contribution in [0.15, 0.2) is 42.5 Å². The third kappa shape index (κ3) is 4.83. The minimum absolute atomic E-state index is 0.0618. The molecule has 2 amide bonds. The number of hydrogen-bond donors (Lipinski definition) is 2. The zero-order chi connectivity index (χ0) is 18.6. The molecule has 0 saturated carbocycles. The molecule has 0 saturated heterocycles. The van der Waals surface area contributed by atoms with Crippen LogP contribution >= 0.6 is 11.6 Å². The molecule has 0 aliphatic rings. The highest BCUT2D eigenvalue weighted by atomic mass is 35.5. The Kier molecular flexibility index (Phi) is 6.21. The Hall–Kier alpha value is -2.33. The molecular weight excluding hydrogens is 336 g/mol. The quantitative estimate of drug-likeness (QED) is 0.834. The van der Waals surface area contributed by atoms with Crippen LogP contribution in [0.3, 0.4) is 0 Å². The van der Waals surface area contributed by atoms with E-state index in [0.717, 1.165) is 11.1 Å². The van der Waals surface area contributed by atoms with Gasteiger partial charge >= 0.3 is 0 Å². The summed E-state index contributed by atoms with van der Waals surface area (Å²) in [7, 11) is 0. The number of carbonyl (C=O) groups excluding carboxylic acids is 2. The van der Waals surface area contributed by atoms with Crippen molar-refractivity contribution in [1.29, 1.82) is 0 Å². The monoisotopic (exact) mass is 358 g/mol. The molecule has 25 heavy (non-hydrogen) atoms. The van der Waals surface area contributed by atoms with Gasteiger partial charge in [-0.1, -0.05) is 49.2 Å². The highest BCUT2D eigenvalue weighted by molar-refractivity contribution is 6.31. The smallest absolute Gasteiger partial charge is 0.251 e. The Morgan fingerprint density at radius 1 is 1.04 bits per heavy atom. The van der Waals surface area contributed by atoms with Crippen molar-refractivity contribution in [1.82, 2.24) is 5.32 Å². The Bertz CT molecular complexity index is 787. The van der Waals surface area contributed by atoms with Gasteiger partial charge in [0.25, 0.3) is 5.91 Å². The molecule has 0 aliphatic heterocycles. The van der Waals surface area contributed by atoms with Crippen molar-refractivity contribution in [2.75, 3.05) is 5.32 Å². The molecule has 1 atom stereocenters. The van der Waals surface area contributed by atoms with E-state index >= 15 is 0 Å². The first-order valence-electron chi connectivity index (χ1n) is 8.23. The zero-order valence-electron chi connectivity index (χ0n) is 14.9. The van der Waals surface area contributed by atoms with Gasteiger partial charge in [0.05, 0.1) is 0 Å².